The highest BCUT2D eigenvalue weighted by molar-refractivity contribution is 6.05. The quantitative estimate of drug-likeness (QED) is 0.871. The van der Waals surface area contributed by atoms with Gasteiger partial charge in [0.25, 0.3) is 0 Å². The first-order valence-electron chi connectivity index (χ1n) is 7.99. The second-order valence-electron chi connectivity index (χ2n) is 6.06. The maximum absolute atomic E-state index is 13.1. The molecule has 1 fully saturated rings. The maximum Gasteiger partial charge on any atom is 0.319 e. The van der Waals surface area contributed by atoms with Gasteiger partial charge in [0, 0.05) is 12.7 Å². The number of allylic oxidation sites excluding steroid dienone is 2. The Morgan fingerprint density at radius 1 is 1.17 bits per heavy atom. The van der Waals surface area contributed by atoms with E-state index in [1.165, 1.54) is 0 Å². The van der Waals surface area contributed by atoms with Gasteiger partial charge in [-0.25, -0.2) is 0 Å². The van der Waals surface area contributed by atoms with Crippen LogP contribution in [-0.4, -0.2) is 33.4 Å². The van der Waals surface area contributed by atoms with Crippen LogP contribution in [0.4, 0.5) is 0 Å². The third-order valence-corrected chi connectivity index (χ3v) is 4.67. The highest BCUT2D eigenvalue weighted by atomic mass is 16.4. The lowest BCUT2D eigenvalue weighted by molar-refractivity contribution is -0.161. The summed E-state index contributed by atoms with van der Waals surface area (Å²) in [6.45, 7) is 0.385. The summed E-state index contributed by atoms with van der Waals surface area (Å²) < 4.78 is 0. The Morgan fingerprint density at radius 2 is 1.96 bits per heavy atom. The van der Waals surface area contributed by atoms with Crippen molar-refractivity contribution in [2.45, 2.75) is 32.1 Å². The van der Waals surface area contributed by atoms with Crippen LogP contribution in [0, 0.1) is 5.41 Å². The molecule has 0 atom stereocenters. The molecule has 1 aromatic heterocycles. The van der Waals surface area contributed by atoms with Gasteiger partial charge in [0.15, 0.2) is 0 Å². The van der Waals surface area contributed by atoms with E-state index in [9.17, 15) is 14.7 Å². The molecule has 1 aromatic rings. The Morgan fingerprint density at radius 3 is 2.61 bits per heavy atom. The molecule has 120 valence electrons. The topological polar surface area (TPSA) is 70.5 Å². The molecular weight excluding hydrogens is 292 g/mol. The number of carboxylic acids is 1. The van der Waals surface area contributed by atoms with E-state index in [1.54, 1.807) is 11.1 Å². The number of pyridine rings is 1. The van der Waals surface area contributed by atoms with Crippen molar-refractivity contribution in [3.05, 3.63) is 48.3 Å². The first kappa shape index (κ1) is 15.5. The molecule has 0 unspecified atom stereocenters. The average Bonchev–Trinajstić information content (AvgIpc) is 2.62. The average molecular weight is 312 g/mol. The van der Waals surface area contributed by atoms with Gasteiger partial charge in [0.2, 0.25) is 5.91 Å². The van der Waals surface area contributed by atoms with Crippen molar-refractivity contribution in [1.82, 2.24) is 9.88 Å². The molecule has 0 spiro atoms. The minimum Gasteiger partial charge on any atom is -0.480 e. The zero-order valence-corrected chi connectivity index (χ0v) is 12.9. The van der Waals surface area contributed by atoms with E-state index in [1.807, 2.05) is 36.4 Å². The normalized spacial score (nSPS) is 20.0. The maximum atomic E-state index is 13.1. The van der Waals surface area contributed by atoms with E-state index >= 15 is 0 Å². The van der Waals surface area contributed by atoms with Crippen molar-refractivity contribution in [3.63, 3.8) is 0 Å². The van der Waals surface area contributed by atoms with Gasteiger partial charge in [-0.2, -0.15) is 0 Å². The number of rotatable bonds is 3. The van der Waals surface area contributed by atoms with E-state index in [2.05, 4.69) is 4.98 Å². The van der Waals surface area contributed by atoms with E-state index in [4.69, 9.17) is 0 Å². The van der Waals surface area contributed by atoms with E-state index in [0.717, 1.165) is 19.3 Å². The van der Waals surface area contributed by atoms with Crippen molar-refractivity contribution >= 4 is 17.6 Å². The fraction of sp³-hybridized carbons (Fsp3) is 0.389. The molecule has 1 saturated carbocycles. The number of hydrogen-bond donors (Lipinski definition) is 1. The Kier molecular flexibility index (Phi) is 4.28. The van der Waals surface area contributed by atoms with Crippen LogP contribution in [-0.2, 0) is 9.59 Å². The molecular formula is C18H20N2O3. The molecule has 1 N–H and O–H groups in total. The van der Waals surface area contributed by atoms with Gasteiger partial charge in [0.05, 0.1) is 11.4 Å². The molecule has 0 saturated heterocycles. The second kappa shape index (κ2) is 6.36. The van der Waals surface area contributed by atoms with Gasteiger partial charge in [-0.1, -0.05) is 37.5 Å². The van der Waals surface area contributed by atoms with Crippen LogP contribution in [0.5, 0.6) is 0 Å². The highest BCUT2D eigenvalue weighted by Gasteiger charge is 2.49. The molecule has 2 aliphatic rings. The van der Waals surface area contributed by atoms with Crippen molar-refractivity contribution < 1.29 is 14.7 Å². The van der Waals surface area contributed by atoms with Crippen LogP contribution < -0.4 is 0 Å². The summed E-state index contributed by atoms with van der Waals surface area (Å²) in [4.78, 5) is 30.9. The summed E-state index contributed by atoms with van der Waals surface area (Å²) in [6, 6.07) is 5.51. The van der Waals surface area contributed by atoms with Crippen molar-refractivity contribution in [2.24, 2.45) is 5.41 Å². The zero-order chi connectivity index (χ0) is 16.3. The first-order valence-corrected chi connectivity index (χ1v) is 7.99. The van der Waals surface area contributed by atoms with Crippen molar-refractivity contribution in [3.8, 4) is 0 Å². The Labute approximate surface area is 135 Å². The van der Waals surface area contributed by atoms with Gasteiger partial charge in [-0.15, -0.1) is 0 Å². The molecule has 0 bridgehead atoms. The highest BCUT2D eigenvalue weighted by Crippen LogP contribution is 2.40. The Bertz CT molecular complexity index is 658. The molecule has 1 aliphatic heterocycles. The van der Waals surface area contributed by atoms with Gasteiger partial charge < -0.3 is 10.0 Å². The molecule has 3 rings (SSSR count). The summed E-state index contributed by atoms with van der Waals surface area (Å²) in [5, 5.41) is 9.75. The molecule has 5 nitrogen and oxygen atoms in total. The van der Waals surface area contributed by atoms with Crippen LogP contribution in [0.3, 0.4) is 0 Å². The Hall–Kier alpha value is -2.43. The minimum atomic E-state index is -1.29. The van der Waals surface area contributed by atoms with Crippen LogP contribution in [0.15, 0.2) is 42.6 Å². The van der Waals surface area contributed by atoms with Crippen LogP contribution in [0.1, 0.15) is 37.8 Å². The third kappa shape index (κ3) is 2.79. The van der Waals surface area contributed by atoms with Gasteiger partial charge in [-0.3, -0.25) is 14.6 Å². The van der Waals surface area contributed by atoms with Gasteiger partial charge in [-0.05, 0) is 31.1 Å². The summed E-state index contributed by atoms with van der Waals surface area (Å²) in [5.41, 5.74) is 0.0583. The van der Waals surface area contributed by atoms with Crippen molar-refractivity contribution in [2.75, 3.05) is 6.54 Å². The lowest BCUT2D eigenvalue weighted by atomic mass is 9.72. The summed E-state index contributed by atoms with van der Waals surface area (Å²) in [7, 11) is 0. The number of hydrogen-bond acceptors (Lipinski definition) is 3. The van der Waals surface area contributed by atoms with Crippen LogP contribution >= 0.6 is 0 Å². The lowest BCUT2D eigenvalue weighted by Gasteiger charge is -2.37. The van der Waals surface area contributed by atoms with Crippen molar-refractivity contribution in [1.29, 1.82) is 0 Å². The summed E-state index contributed by atoms with van der Waals surface area (Å²) in [6.07, 6.45) is 10.6. The molecule has 1 amide bonds. The zero-order valence-electron chi connectivity index (χ0n) is 12.9. The number of carboxylic acid groups (broad SMARTS) is 1. The first-order chi connectivity index (χ1) is 11.1. The SMILES string of the molecule is O=C(O)C1(C(=O)N2CC=CC=C2c2ccccn2)CCCCC1. The van der Waals surface area contributed by atoms with E-state index in [0.29, 0.717) is 30.8 Å². The molecule has 5 heteroatoms. The number of nitrogens with zero attached hydrogens (tertiary/aromatic N) is 2. The number of carbonyl (C=O) groups excluding carboxylic acids is 1. The van der Waals surface area contributed by atoms with Gasteiger partial charge >= 0.3 is 5.97 Å². The monoisotopic (exact) mass is 312 g/mol. The van der Waals surface area contributed by atoms with Gasteiger partial charge in [0.1, 0.15) is 5.41 Å². The standard InChI is InChI=1S/C18H20N2O3/c21-16(18(17(22)23)10-4-1-5-11-18)20-13-7-3-9-15(20)14-8-2-6-12-19-14/h2-3,6-9,12H,1,4-5,10-11,13H2,(H,22,23). The number of aromatic nitrogens is 1. The predicted octanol–water partition coefficient (Wildman–Crippen LogP) is 2.86. The van der Waals surface area contributed by atoms with E-state index in [-0.39, 0.29) is 5.91 Å². The van der Waals surface area contributed by atoms with E-state index < -0.39 is 11.4 Å². The fourth-order valence-electron chi connectivity index (χ4n) is 3.38. The number of amides is 1. The molecule has 23 heavy (non-hydrogen) atoms. The van der Waals surface area contributed by atoms with Crippen LogP contribution in [0.2, 0.25) is 0 Å². The molecule has 0 aromatic carbocycles. The smallest absolute Gasteiger partial charge is 0.319 e. The molecule has 1 aliphatic carbocycles. The Balaban J connectivity index is 1.95. The molecule has 0 radical (unpaired) electrons. The minimum absolute atomic E-state index is 0.314. The number of aliphatic carboxylic acids is 1. The summed E-state index contributed by atoms with van der Waals surface area (Å²) in [5.74, 6) is -1.32. The second-order valence-corrected chi connectivity index (χ2v) is 6.06. The fourth-order valence-corrected chi connectivity index (χ4v) is 3.38. The largest absolute Gasteiger partial charge is 0.480 e. The third-order valence-electron chi connectivity index (χ3n) is 4.67. The number of carbonyl (C=O) groups is 2. The van der Waals surface area contributed by atoms with Crippen LogP contribution in [0.25, 0.3) is 5.70 Å². The lowest BCUT2D eigenvalue weighted by Crippen LogP contribution is -2.49. The summed E-state index contributed by atoms with van der Waals surface area (Å²) >= 11 is 0. The molecule has 2 heterocycles. The predicted molar refractivity (Wildman–Crippen MR) is 86.2 cm³/mol.